The second-order valence-corrected chi connectivity index (χ2v) is 9.63. The number of rotatable bonds is 6. The number of carbonyl (C=O) groups is 2. The number of hydrogen-bond acceptors (Lipinski definition) is 5. The standard InChI is InChI=1S/C26H34ClN3O4/c1-17-21(12-13-30(17)16-18-10-8-7-9-11-18)28-24(31)19-14-20(27)22(15-23(19)33-6)29(5)25(32)34-26(2,3)4/h7-11,14-15,17,21H,12-13,16H2,1-6H3,(H,28,31)/t17-,21-/m1/s1/i7D,8D,9D,10D,11D. The van der Waals surface area contributed by atoms with Crippen LogP contribution in [0.15, 0.2) is 42.3 Å². The summed E-state index contributed by atoms with van der Waals surface area (Å²) in [6.45, 7) is 7.89. The van der Waals surface area contributed by atoms with E-state index in [2.05, 4.69) is 5.32 Å². The Bertz CT molecular complexity index is 1260. The lowest BCUT2D eigenvalue weighted by molar-refractivity contribution is 0.0589. The Balaban J connectivity index is 1.77. The zero-order valence-corrected chi connectivity index (χ0v) is 21.1. The first-order chi connectivity index (χ1) is 18.1. The van der Waals surface area contributed by atoms with Gasteiger partial charge in [-0.2, -0.15) is 0 Å². The van der Waals surface area contributed by atoms with Gasteiger partial charge in [-0.1, -0.05) is 41.8 Å². The van der Waals surface area contributed by atoms with Gasteiger partial charge in [0.25, 0.3) is 5.91 Å². The highest BCUT2D eigenvalue weighted by atomic mass is 35.5. The first-order valence-corrected chi connectivity index (χ1v) is 11.4. The molecule has 2 aromatic rings. The number of nitrogens with one attached hydrogen (secondary N) is 1. The maximum Gasteiger partial charge on any atom is 0.414 e. The van der Waals surface area contributed by atoms with Crippen LogP contribution in [-0.2, 0) is 11.3 Å². The summed E-state index contributed by atoms with van der Waals surface area (Å²) in [4.78, 5) is 29.0. The number of nitrogens with zero attached hydrogens (tertiary/aromatic N) is 2. The SMILES string of the molecule is [2H]c1c([2H])c([2H])c(CN2CC[C@@H](NC(=O)c3cc(Cl)c(N(C)C(=O)OC(C)(C)C)cc3OC)[C@H]2C)c([2H])c1[2H]. The molecular formula is C26H34ClN3O4. The van der Waals surface area contributed by atoms with E-state index in [1.54, 1.807) is 20.8 Å². The summed E-state index contributed by atoms with van der Waals surface area (Å²) in [5, 5.41) is 3.17. The van der Waals surface area contributed by atoms with Crippen molar-refractivity contribution in [2.24, 2.45) is 0 Å². The number of methoxy groups -OCH3 is 1. The van der Waals surface area contributed by atoms with Gasteiger partial charge in [0.2, 0.25) is 0 Å². The number of hydrogen-bond donors (Lipinski definition) is 1. The molecule has 0 radical (unpaired) electrons. The molecule has 0 unspecified atom stereocenters. The molecule has 0 bridgehead atoms. The Morgan fingerprint density at radius 3 is 2.56 bits per heavy atom. The predicted molar refractivity (Wildman–Crippen MR) is 135 cm³/mol. The van der Waals surface area contributed by atoms with Gasteiger partial charge in [0.05, 0.1) is 30.2 Å². The fourth-order valence-electron chi connectivity index (χ4n) is 3.80. The summed E-state index contributed by atoms with van der Waals surface area (Å²) in [6, 6.07) is 0.887. The third kappa shape index (κ3) is 6.21. The zero-order chi connectivity index (χ0) is 29.4. The van der Waals surface area contributed by atoms with Crippen LogP contribution in [0.2, 0.25) is 5.02 Å². The van der Waals surface area contributed by atoms with E-state index in [1.807, 2.05) is 11.8 Å². The van der Waals surface area contributed by atoms with Crippen LogP contribution in [0.3, 0.4) is 0 Å². The first-order valence-electron chi connectivity index (χ1n) is 13.5. The lowest BCUT2D eigenvalue weighted by Crippen LogP contribution is -2.43. The first kappa shape index (κ1) is 19.5. The van der Waals surface area contributed by atoms with Crippen molar-refractivity contribution in [3.63, 3.8) is 0 Å². The molecule has 3 rings (SSSR count). The molecular weight excluding hydrogens is 454 g/mol. The van der Waals surface area contributed by atoms with Crippen LogP contribution in [0, 0.1) is 0 Å². The van der Waals surface area contributed by atoms with Crippen LogP contribution in [0.1, 0.15) is 56.9 Å². The fraction of sp³-hybridized carbons (Fsp3) is 0.462. The molecule has 2 aromatic carbocycles. The molecule has 1 N–H and O–H groups in total. The summed E-state index contributed by atoms with van der Waals surface area (Å²) < 4.78 is 50.8. The van der Waals surface area contributed by atoms with Crippen LogP contribution in [0.5, 0.6) is 5.75 Å². The zero-order valence-electron chi connectivity index (χ0n) is 25.3. The van der Waals surface area contributed by atoms with Gasteiger partial charge in [-0.25, -0.2) is 4.79 Å². The van der Waals surface area contributed by atoms with E-state index in [0.717, 1.165) is 0 Å². The second-order valence-electron chi connectivity index (χ2n) is 9.23. The van der Waals surface area contributed by atoms with Gasteiger partial charge < -0.3 is 14.8 Å². The highest BCUT2D eigenvalue weighted by Gasteiger charge is 2.33. The monoisotopic (exact) mass is 492 g/mol. The lowest BCUT2D eigenvalue weighted by atomic mass is 10.1. The van der Waals surface area contributed by atoms with Gasteiger partial charge in [0.1, 0.15) is 11.4 Å². The Morgan fingerprint density at radius 2 is 1.94 bits per heavy atom. The van der Waals surface area contributed by atoms with Crippen molar-refractivity contribution in [1.82, 2.24) is 10.2 Å². The highest BCUT2D eigenvalue weighted by molar-refractivity contribution is 6.34. The maximum absolute atomic E-state index is 13.3. The van der Waals surface area contributed by atoms with Crippen molar-refractivity contribution in [3.05, 3.63) is 58.5 Å². The van der Waals surface area contributed by atoms with Gasteiger partial charge in [0.15, 0.2) is 0 Å². The van der Waals surface area contributed by atoms with Crippen LogP contribution >= 0.6 is 11.6 Å². The van der Waals surface area contributed by atoms with Crippen molar-refractivity contribution in [2.75, 3.05) is 25.6 Å². The molecule has 1 saturated heterocycles. The Hall–Kier alpha value is -2.77. The van der Waals surface area contributed by atoms with Crippen LogP contribution in [0.25, 0.3) is 0 Å². The third-order valence-electron chi connectivity index (χ3n) is 5.66. The number of likely N-dealkylation sites (tertiary alicyclic amines) is 1. The van der Waals surface area contributed by atoms with Crippen molar-refractivity contribution in [1.29, 1.82) is 0 Å². The Morgan fingerprint density at radius 1 is 1.26 bits per heavy atom. The molecule has 8 heteroatoms. The van der Waals surface area contributed by atoms with Crippen molar-refractivity contribution in [3.8, 4) is 5.75 Å². The number of benzene rings is 2. The minimum atomic E-state index is -0.698. The van der Waals surface area contributed by atoms with E-state index in [-0.39, 0.29) is 64.7 Å². The number of anilines is 1. The molecule has 7 nitrogen and oxygen atoms in total. The highest BCUT2D eigenvalue weighted by Crippen LogP contribution is 2.34. The minimum Gasteiger partial charge on any atom is -0.496 e. The summed E-state index contributed by atoms with van der Waals surface area (Å²) in [5.41, 5.74) is 0.0345. The molecule has 2 atom stereocenters. The fourth-order valence-corrected chi connectivity index (χ4v) is 4.09. The molecule has 0 spiro atoms. The second kappa shape index (κ2) is 10.7. The average molecular weight is 493 g/mol. The van der Waals surface area contributed by atoms with E-state index >= 15 is 0 Å². The van der Waals surface area contributed by atoms with Crippen LogP contribution < -0.4 is 15.0 Å². The quantitative estimate of drug-likeness (QED) is 0.606. The van der Waals surface area contributed by atoms with E-state index in [9.17, 15) is 9.59 Å². The number of halogens is 1. The molecule has 0 aliphatic carbocycles. The molecule has 184 valence electrons. The van der Waals surface area contributed by atoms with E-state index in [1.165, 1.54) is 31.2 Å². The number of carbonyl (C=O) groups excluding carboxylic acids is 2. The van der Waals surface area contributed by atoms with Crippen LogP contribution in [-0.4, -0.2) is 55.3 Å². The van der Waals surface area contributed by atoms with Crippen molar-refractivity contribution >= 4 is 29.3 Å². The topological polar surface area (TPSA) is 71.1 Å². The molecule has 1 heterocycles. The normalized spacial score (nSPS) is 20.5. The number of amides is 2. The van der Waals surface area contributed by atoms with Crippen molar-refractivity contribution in [2.45, 2.75) is 58.3 Å². The predicted octanol–water partition coefficient (Wildman–Crippen LogP) is 5.11. The van der Waals surface area contributed by atoms with E-state index in [4.69, 9.17) is 27.9 Å². The van der Waals surface area contributed by atoms with Crippen LogP contribution in [0.4, 0.5) is 10.5 Å². The molecule has 0 aromatic heterocycles. The van der Waals surface area contributed by atoms with Gasteiger partial charge in [-0.05, 0) is 45.7 Å². The lowest BCUT2D eigenvalue weighted by Gasteiger charge is -2.26. The molecule has 2 amide bonds. The van der Waals surface area contributed by atoms with Gasteiger partial charge in [-0.3, -0.25) is 14.6 Å². The Labute approximate surface area is 214 Å². The Kier molecular flexibility index (Phi) is 6.12. The molecule has 1 aliphatic heterocycles. The summed E-state index contributed by atoms with van der Waals surface area (Å²) in [7, 11) is 2.93. The minimum absolute atomic E-state index is 0.157. The molecule has 0 saturated carbocycles. The average Bonchev–Trinajstić information content (AvgIpc) is 3.20. The molecule has 1 fully saturated rings. The maximum atomic E-state index is 13.3. The molecule has 1 aliphatic rings. The molecule has 34 heavy (non-hydrogen) atoms. The van der Waals surface area contributed by atoms with E-state index < -0.39 is 23.6 Å². The largest absolute Gasteiger partial charge is 0.496 e. The smallest absolute Gasteiger partial charge is 0.414 e. The van der Waals surface area contributed by atoms with Gasteiger partial charge >= 0.3 is 6.09 Å². The summed E-state index contributed by atoms with van der Waals surface area (Å²) in [6.07, 6.45) is -0.0104. The third-order valence-corrected chi connectivity index (χ3v) is 5.96. The summed E-state index contributed by atoms with van der Waals surface area (Å²) in [5.74, 6) is -0.189. The van der Waals surface area contributed by atoms with Gasteiger partial charge in [0, 0.05) is 38.3 Å². The van der Waals surface area contributed by atoms with Crippen molar-refractivity contribution < 1.29 is 25.9 Å². The number of ether oxygens (including phenoxy) is 2. The van der Waals surface area contributed by atoms with E-state index in [0.29, 0.717) is 18.7 Å². The van der Waals surface area contributed by atoms with Gasteiger partial charge in [-0.15, -0.1) is 0 Å². The summed E-state index contributed by atoms with van der Waals surface area (Å²) >= 11 is 6.46.